The fourth-order valence-electron chi connectivity index (χ4n) is 5.00. The predicted molar refractivity (Wildman–Crippen MR) is 127 cm³/mol. The van der Waals surface area contributed by atoms with Crippen molar-refractivity contribution < 1.29 is 0 Å². The average Bonchev–Trinajstić information content (AvgIpc) is 2.92. The Bertz CT molecular complexity index is 845. The number of hydrogen-bond donors (Lipinski definition) is 1. The van der Waals surface area contributed by atoms with Crippen LogP contribution in [0.3, 0.4) is 0 Å². The van der Waals surface area contributed by atoms with Crippen LogP contribution in [-0.4, -0.2) is 24.5 Å². The lowest BCUT2D eigenvalue weighted by atomic mass is 9.88. The first-order valence-electron chi connectivity index (χ1n) is 11.5. The number of anilines is 1. The number of rotatable bonds is 6. The molecule has 0 amide bonds. The molecule has 0 atom stereocenters. The molecule has 1 fully saturated rings. The van der Waals surface area contributed by atoms with Crippen LogP contribution < -0.4 is 5.73 Å². The van der Waals surface area contributed by atoms with E-state index in [-0.39, 0.29) is 0 Å². The Morgan fingerprint density at radius 3 is 2.53 bits per heavy atom. The first-order valence-corrected chi connectivity index (χ1v) is 11.5. The van der Waals surface area contributed by atoms with E-state index in [0.717, 1.165) is 60.7 Å². The van der Waals surface area contributed by atoms with Gasteiger partial charge in [0.25, 0.3) is 0 Å². The second-order valence-corrected chi connectivity index (χ2v) is 9.24. The molecule has 0 bridgehead atoms. The fraction of sp³-hybridized carbons (Fsp3) is 0.519. The highest BCUT2D eigenvalue weighted by Crippen LogP contribution is 2.31. The summed E-state index contributed by atoms with van der Waals surface area (Å²) in [4.78, 5) is 2.63. The summed E-state index contributed by atoms with van der Waals surface area (Å²) in [6.07, 6.45) is 9.85. The molecule has 3 nitrogen and oxygen atoms in total. The van der Waals surface area contributed by atoms with Crippen LogP contribution in [0.1, 0.15) is 64.4 Å². The quantitative estimate of drug-likeness (QED) is 0.349. The van der Waals surface area contributed by atoms with Crippen molar-refractivity contribution in [2.24, 2.45) is 5.92 Å². The normalized spacial score (nSPS) is 19.8. The van der Waals surface area contributed by atoms with Crippen molar-refractivity contribution in [3.05, 3.63) is 64.3 Å². The zero-order valence-corrected chi connectivity index (χ0v) is 18.8. The van der Waals surface area contributed by atoms with Gasteiger partial charge in [-0.15, -0.1) is 0 Å². The van der Waals surface area contributed by atoms with Gasteiger partial charge in [0.05, 0.1) is 11.6 Å². The maximum Gasteiger partial charge on any atom is 0.0997 e. The van der Waals surface area contributed by atoms with Gasteiger partial charge in [0.15, 0.2) is 0 Å². The molecule has 0 radical (unpaired) electrons. The molecular formula is C27H37N3. The van der Waals surface area contributed by atoms with Gasteiger partial charge in [-0.05, 0) is 92.8 Å². The van der Waals surface area contributed by atoms with Crippen molar-refractivity contribution in [1.82, 2.24) is 4.90 Å². The standard InChI is InChI=1S/C27H37N3/c1-20(16-23-11-13-25(29)14-12-23)22(3)27(17-28)26-10-7-15-30(18-21(26)2)19-24-8-5-4-6-9-24/h11-14,24H,1,4-10,15-16,18-19,29H2,2-3H3/b27-22+. The van der Waals surface area contributed by atoms with Crippen LogP contribution in [0.4, 0.5) is 5.69 Å². The smallest absolute Gasteiger partial charge is 0.0997 e. The highest BCUT2D eigenvalue weighted by molar-refractivity contribution is 5.53. The lowest BCUT2D eigenvalue weighted by molar-refractivity contribution is 0.214. The molecule has 0 spiro atoms. The van der Waals surface area contributed by atoms with Crippen LogP contribution in [0.15, 0.2) is 58.7 Å². The van der Waals surface area contributed by atoms with Crippen molar-refractivity contribution in [3.8, 4) is 6.07 Å². The van der Waals surface area contributed by atoms with Gasteiger partial charge >= 0.3 is 0 Å². The average molecular weight is 404 g/mol. The van der Waals surface area contributed by atoms with Crippen molar-refractivity contribution in [2.45, 2.75) is 65.2 Å². The molecule has 0 unspecified atom stereocenters. The maximum atomic E-state index is 10.0. The lowest BCUT2D eigenvalue weighted by Gasteiger charge is -2.29. The second kappa shape index (κ2) is 10.6. The topological polar surface area (TPSA) is 53.1 Å². The molecule has 1 heterocycles. The Hall–Kier alpha value is -2.31. The van der Waals surface area contributed by atoms with Gasteiger partial charge in [0.2, 0.25) is 0 Å². The third kappa shape index (κ3) is 5.86. The van der Waals surface area contributed by atoms with Gasteiger partial charge in [-0.2, -0.15) is 5.26 Å². The minimum Gasteiger partial charge on any atom is -0.399 e. The van der Waals surface area contributed by atoms with Crippen LogP contribution >= 0.6 is 0 Å². The third-order valence-electron chi connectivity index (χ3n) is 6.83. The van der Waals surface area contributed by atoms with E-state index >= 15 is 0 Å². The first-order chi connectivity index (χ1) is 14.5. The second-order valence-electron chi connectivity index (χ2n) is 9.24. The Morgan fingerprint density at radius 2 is 1.87 bits per heavy atom. The van der Waals surface area contributed by atoms with Crippen LogP contribution in [-0.2, 0) is 6.42 Å². The summed E-state index contributed by atoms with van der Waals surface area (Å²) in [5.74, 6) is 0.862. The lowest BCUT2D eigenvalue weighted by Crippen LogP contribution is -2.32. The minimum atomic E-state index is 0.747. The van der Waals surface area contributed by atoms with E-state index in [2.05, 4.69) is 31.4 Å². The summed E-state index contributed by atoms with van der Waals surface area (Å²) < 4.78 is 0. The molecule has 0 saturated heterocycles. The summed E-state index contributed by atoms with van der Waals surface area (Å²) in [5.41, 5.74) is 13.2. The van der Waals surface area contributed by atoms with Gasteiger partial charge in [-0.1, -0.05) is 43.5 Å². The third-order valence-corrected chi connectivity index (χ3v) is 6.83. The molecule has 0 aromatic heterocycles. The summed E-state index contributed by atoms with van der Waals surface area (Å²) in [6.45, 7) is 11.9. The molecule has 1 aromatic carbocycles. The van der Waals surface area contributed by atoms with E-state index in [4.69, 9.17) is 5.73 Å². The zero-order valence-electron chi connectivity index (χ0n) is 18.8. The summed E-state index contributed by atoms with van der Waals surface area (Å²) >= 11 is 0. The fourth-order valence-corrected chi connectivity index (χ4v) is 5.00. The Kier molecular flexibility index (Phi) is 7.94. The highest BCUT2D eigenvalue weighted by atomic mass is 15.1. The Labute approximate surface area is 183 Å². The van der Waals surface area contributed by atoms with Crippen molar-refractivity contribution in [3.63, 3.8) is 0 Å². The maximum absolute atomic E-state index is 10.0. The van der Waals surface area contributed by atoms with Gasteiger partial charge in [-0.3, -0.25) is 4.90 Å². The minimum absolute atomic E-state index is 0.747. The van der Waals surface area contributed by atoms with E-state index in [0.29, 0.717) is 0 Å². The summed E-state index contributed by atoms with van der Waals surface area (Å²) in [5, 5.41) is 10.0. The summed E-state index contributed by atoms with van der Waals surface area (Å²) in [7, 11) is 0. The monoisotopic (exact) mass is 403 g/mol. The molecular weight excluding hydrogens is 366 g/mol. The SMILES string of the molecule is C=C(Cc1ccc(N)cc1)/C(C)=C(\C#N)C1=C(C)CN(CC2CCCCC2)CCC1. The van der Waals surface area contributed by atoms with Crippen LogP contribution in [0.5, 0.6) is 0 Å². The van der Waals surface area contributed by atoms with Crippen molar-refractivity contribution >= 4 is 5.69 Å². The van der Waals surface area contributed by atoms with Crippen LogP contribution in [0.25, 0.3) is 0 Å². The number of hydrogen-bond acceptors (Lipinski definition) is 3. The number of nitriles is 1. The van der Waals surface area contributed by atoms with E-state index in [1.165, 1.54) is 55.4 Å². The molecule has 30 heavy (non-hydrogen) atoms. The molecule has 3 rings (SSSR count). The van der Waals surface area contributed by atoms with Gasteiger partial charge in [0, 0.05) is 18.8 Å². The highest BCUT2D eigenvalue weighted by Gasteiger charge is 2.22. The number of benzene rings is 1. The van der Waals surface area contributed by atoms with Gasteiger partial charge < -0.3 is 5.73 Å². The zero-order chi connectivity index (χ0) is 21.5. The molecule has 1 saturated carbocycles. The molecule has 3 heteroatoms. The molecule has 2 aliphatic rings. The first kappa shape index (κ1) is 22.4. The van der Waals surface area contributed by atoms with E-state index in [1.807, 2.05) is 24.3 Å². The van der Waals surface area contributed by atoms with Crippen LogP contribution in [0.2, 0.25) is 0 Å². The molecule has 1 aromatic rings. The largest absolute Gasteiger partial charge is 0.399 e. The van der Waals surface area contributed by atoms with E-state index < -0.39 is 0 Å². The van der Waals surface area contributed by atoms with Gasteiger partial charge in [-0.25, -0.2) is 0 Å². The predicted octanol–water partition coefficient (Wildman–Crippen LogP) is 6.20. The van der Waals surface area contributed by atoms with Crippen molar-refractivity contribution in [2.75, 3.05) is 25.4 Å². The molecule has 2 N–H and O–H groups in total. The van der Waals surface area contributed by atoms with E-state index in [9.17, 15) is 5.26 Å². The number of nitrogens with two attached hydrogens (primary N) is 1. The van der Waals surface area contributed by atoms with Gasteiger partial charge in [0.1, 0.15) is 0 Å². The van der Waals surface area contributed by atoms with E-state index in [1.54, 1.807) is 0 Å². The Morgan fingerprint density at radius 1 is 1.17 bits per heavy atom. The summed E-state index contributed by atoms with van der Waals surface area (Å²) in [6, 6.07) is 10.5. The molecule has 1 aliphatic carbocycles. The molecule has 1 aliphatic heterocycles. The molecule has 160 valence electrons. The Balaban J connectivity index is 1.74. The number of allylic oxidation sites excluding steroid dienone is 4. The number of nitrogen functional groups attached to an aromatic ring is 1. The van der Waals surface area contributed by atoms with Crippen LogP contribution in [0, 0.1) is 17.2 Å². The van der Waals surface area contributed by atoms with Crippen molar-refractivity contribution in [1.29, 1.82) is 5.26 Å². The number of nitrogens with zero attached hydrogens (tertiary/aromatic N) is 2.